The van der Waals surface area contributed by atoms with Crippen LogP contribution in [-0.2, 0) is 36.9 Å². The lowest BCUT2D eigenvalue weighted by Crippen LogP contribution is -2.59. The van der Waals surface area contributed by atoms with Crippen LogP contribution in [0.1, 0.15) is 44.7 Å². The van der Waals surface area contributed by atoms with Crippen molar-refractivity contribution in [2.75, 3.05) is 6.54 Å². The van der Waals surface area contributed by atoms with Gasteiger partial charge in [-0.2, -0.15) is 0 Å². The summed E-state index contributed by atoms with van der Waals surface area (Å²) in [5.41, 5.74) is 6.26. The first-order valence-corrected chi connectivity index (χ1v) is 17.3. The van der Waals surface area contributed by atoms with E-state index in [0.717, 1.165) is 4.90 Å². The maximum absolute atomic E-state index is 14.2. The maximum atomic E-state index is 14.2. The molecule has 0 unspecified atom stereocenters. The molecule has 4 rings (SSSR count). The summed E-state index contributed by atoms with van der Waals surface area (Å²) in [6.45, 7) is 5.64. The molecule has 3 aromatic carbocycles. The Balaban J connectivity index is 1.54. The number of hydrogen-bond acceptors (Lipinski definition) is 8. The summed E-state index contributed by atoms with van der Waals surface area (Å²) in [6.07, 6.45) is -2.93. The van der Waals surface area contributed by atoms with Gasteiger partial charge < -0.3 is 36.4 Å². The molecule has 0 radical (unpaired) electrons. The van der Waals surface area contributed by atoms with Crippen LogP contribution in [0.5, 0.6) is 0 Å². The van der Waals surface area contributed by atoms with Gasteiger partial charge in [-0.15, -0.1) is 11.8 Å². The molecule has 3 aromatic rings. The van der Waals surface area contributed by atoms with Crippen LogP contribution in [-0.4, -0.2) is 81.3 Å². The van der Waals surface area contributed by atoms with E-state index in [1.165, 1.54) is 4.90 Å². The summed E-state index contributed by atoms with van der Waals surface area (Å²) >= 11 is 1.54. The Morgan fingerprint density at radius 2 is 1.48 bits per heavy atom. The quantitative estimate of drug-likeness (QED) is 0.170. The number of benzene rings is 3. The van der Waals surface area contributed by atoms with Gasteiger partial charge in [-0.1, -0.05) is 78.9 Å². The number of carbonyl (C=O) groups is 5. The minimum atomic E-state index is -1.79. The summed E-state index contributed by atoms with van der Waals surface area (Å²) in [4.78, 5) is 68.2. The zero-order valence-corrected chi connectivity index (χ0v) is 29.2. The first-order chi connectivity index (χ1) is 23.8. The first kappa shape index (κ1) is 37.9. The van der Waals surface area contributed by atoms with Crippen LogP contribution in [0.3, 0.4) is 0 Å². The van der Waals surface area contributed by atoms with Gasteiger partial charge in [-0.05, 0) is 56.9 Å². The van der Waals surface area contributed by atoms with Crippen LogP contribution < -0.4 is 21.7 Å². The Bertz CT molecular complexity index is 1600. The largest absolute Gasteiger partial charge is 0.445 e. The minimum Gasteiger partial charge on any atom is -0.445 e. The second-order valence-corrected chi connectivity index (χ2v) is 14.6. The third-order valence-corrected chi connectivity index (χ3v) is 9.10. The number of aliphatic hydroxyl groups excluding tert-OH is 1. The smallest absolute Gasteiger partial charge is 0.408 e. The number of nitrogens with one attached hydrogen (secondary N) is 3. The topological polar surface area (TPSA) is 180 Å². The molecule has 1 aliphatic rings. The van der Waals surface area contributed by atoms with Crippen LogP contribution in [0, 0.1) is 0 Å². The highest BCUT2D eigenvalue weighted by Gasteiger charge is 2.44. The molecule has 266 valence electrons. The van der Waals surface area contributed by atoms with Crippen molar-refractivity contribution in [2.45, 2.75) is 86.6 Å². The first-order valence-electron chi connectivity index (χ1n) is 16.4. The van der Waals surface area contributed by atoms with E-state index in [4.69, 9.17) is 10.5 Å². The van der Waals surface area contributed by atoms with Crippen molar-refractivity contribution < 1.29 is 33.8 Å². The number of alkyl carbamates (subject to hydrolysis) is 1. The number of nitrogens with two attached hydrogens (primary N) is 1. The van der Waals surface area contributed by atoms with Crippen LogP contribution in [0.25, 0.3) is 0 Å². The Morgan fingerprint density at radius 3 is 2.06 bits per heavy atom. The molecule has 1 saturated heterocycles. The second kappa shape index (κ2) is 17.7. The van der Waals surface area contributed by atoms with Crippen molar-refractivity contribution >= 4 is 41.5 Å². The molecule has 1 fully saturated rings. The molecular formula is C37H45N5O7S. The maximum Gasteiger partial charge on any atom is 0.408 e. The van der Waals surface area contributed by atoms with Gasteiger partial charge >= 0.3 is 6.09 Å². The molecule has 0 aliphatic carbocycles. The van der Waals surface area contributed by atoms with E-state index in [1.807, 2.05) is 57.2 Å². The summed E-state index contributed by atoms with van der Waals surface area (Å²) in [5, 5.41) is 19.5. The van der Waals surface area contributed by atoms with Crippen LogP contribution in [0.4, 0.5) is 4.79 Å². The highest BCUT2D eigenvalue weighted by Crippen LogP contribution is 2.34. The predicted octanol–water partition coefficient (Wildman–Crippen LogP) is 2.92. The second-order valence-electron chi connectivity index (χ2n) is 13.2. The normalized spacial score (nSPS) is 17.6. The van der Waals surface area contributed by atoms with E-state index in [1.54, 1.807) is 66.4 Å². The van der Waals surface area contributed by atoms with E-state index < -0.39 is 60.0 Å². The van der Waals surface area contributed by atoms with Gasteiger partial charge in [0.1, 0.15) is 18.7 Å². The number of likely N-dealkylation sites (tertiary alicyclic amines) is 1. The average Bonchev–Trinajstić information content (AvgIpc) is 3.50. The molecule has 1 aliphatic heterocycles. The van der Waals surface area contributed by atoms with Crippen molar-refractivity contribution in [2.24, 2.45) is 5.73 Å². The molecule has 1 heterocycles. The van der Waals surface area contributed by atoms with Crippen LogP contribution in [0.2, 0.25) is 0 Å². The number of carbonyl (C=O) groups excluding carboxylic acids is 5. The van der Waals surface area contributed by atoms with E-state index in [9.17, 15) is 29.1 Å². The van der Waals surface area contributed by atoms with Crippen LogP contribution >= 0.6 is 11.8 Å². The lowest BCUT2D eigenvalue weighted by Gasteiger charge is -2.32. The number of primary amides is 1. The Hall–Kier alpha value is -4.88. The van der Waals surface area contributed by atoms with Crippen LogP contribution in [0.15, 0.2) is 95.9 Å². The van der Waals surface area contributed by atoms with E-state index in [-0.39, 0.29) is 30.7 Å². The number of aliphatic hydroxyl groups is 1. The standard InChI is InChI=1S/C37H45N5O7S/c1-37(2,3)41-34(46)30-20-27(50-26-17-11-6-12-18-26)22-42(30)35(47)32(44)28(19-24-13-7-4-8-14-24)39-33(45)29(21-31(38)43)40-36(48)49-23-25-15-9-5-10-16-25/h4-18,27-30,32,44H,19-23H2,1-3H3,(H2,38,43)(H,39,45)(H,40,48)(H,41,46)/t27-,28-,29-,30-,32-/m0/s1. The predicted molar refractivity (Wildman–Crippen MR) is 190 cm³/mol. The fourth-order valence-electron chi connectivity index (χ4n) is 5.57. The summed E-state index contributed by atoms with van der Waals surface area (Å²) in [5.74, 6) is -2.80. The molecule has 50 heavy (non-hydrogen) atoms. The Labute approximate surface area is 296 Å². The van der Waals surface area contributed by atoms with E-state index in [0.29, 0.717) is 17.5 Å². The molecule has 6 N–H and O–H groups in total. The van der Waals surface area contributed by atoms with Gasteiger partial charge in [0.05, 0.1) is 12.5 Å². The van der Waals surface area contributed by atoms with Crippen molar-refractivity contribution in [1.29, 1.82) is 0 Å². The van der Waals surface area contributed by atoms with Gasteiger partial charge in [-0.25, -0.2) is 4.79 Å². The Kier molecular flexibility index (Phi) is 13.4. The fourth-order valence-corrected chi connectivity index (χ4v) is 6.78. The summed E-state index contributed by atoms with van der Waals surface area (Å²) in [7, 11) is 0. The monoisotopic (exact) mass is 703 g/mol. The number of amides is 5. The van der Waals surface area contributed by atoms with Gasteiger partial charge in [0.2, 0.25) is 17.7 Å². The molecule has 5 atom stereocenters. The van der Waals surface area contributed by atoms with Gasteiger partial charge in [-0.3, -0.25) is 19.2 Å². The highest BCUT2D eigenvalue weighted by molar-refractivity contribution is 8.00. The highest BCUT2D eigenvalue weighted by atomic mass is 32.2. The van der Waals surface area contributed by atoms with Crippen molar-refractivity contribution in [3.63, 3.8) is 0 Å². The van der Waals surface area contributed by atoms with Gasteiger partial charge in [0.15, 0.2) is 6.10 Å². The molecule has 0 spiro atoms. The fraction of sp³-hybridized carbons (Fsp3) is 0.378. The molecule has 12 nitrogen and oxygen atoms in total. The number of thioether (sulfide) groups is 1. The number of ether oxygens (including phenoxy) is 1. The zero-order chi connectivity index (χ0) is 36.3. The number of rotatable bonds is 14. The summed E-state index contributed by atoms with van der Waals surface area (Å²) < 4.78 is 5.23. The molecule has 13 heteroatoms. The van der Waals surface area contributed by atoms with Crippen molar-refractivity contribution in [3.8, 4) is 0 Å². The van der Waals surface area contributed by atoms with E-state index in [2.05, 4.69) is 16.0 Å². The van der Waals surface area contributed by atoms with Gasteiger partial charge in [0.25, 0.3) is 5.91 Å². The molecule has 0 aromatic heterocycles. The van der Waals surface area contributed by atoms with Crippen molar-refractivity contribution in [3.05, 3.63) is 102 Å². The van der Waals surface area contributed by atoms with E-state index >= 15 is 0 Å². The zero-order valence-electron chi connectivity index (χ0n) is 28.4. The van der Waals surface area contributed by atoms with Crippen molar-refractivity contribution in [1.82, 2.24) is 20.9 Å². The lowest BCUT2D eigenvalue weighted by atomic mass is 9.99. The SMILES string of the molecule is CC(C)(C)NC(=O)[C@@H]1C[C@H](Sc2ccccc2)CN1C(=O)[C@@H](O)[C@H](Cc1ccccc1)NC(=O)[C@H](CC(N)=O)NC(=O)OCc1ccccc1. The Morgan fingerprint density at radius 1 is 0.900 bits per heavy atom. The lowest BCUT2D eigenvalue weighted by molar-refractivity contribution is -0.147. The number of nitrogens with zero attached hydrogens (tertiary/aromatic N) is 1. The van der Waals surface area contributed by atoms with Gasteiger partial charge in [0, 0.05) is 22.2 Å². The molecule has 0 saturated carbocycles. The average molecular weight is 704 g/mol. The third-order valence-electron chi connectivity index (χ3n) is 7.88. The minimum absolute atomic E-state index is 0.0239. The summed E-state index contributed by atoms with van der Waals surface area (Å²) in [6, 6.07) is 23.9. The third kappa shape index (κ3) is 11.6. The molecule has 0 bridgehead atoms. The number of hydrogen-bond donors (Lipinski definition) is 5. The molecule has 5 amide bonds. The molecular weight excluding hydrogens is 659 g/mol.